The second-order valence-corrected chi connectivity index (χ2v) is 10.0. The van der Waals surface area contributed by atoms with Crippen LogP contribution in [-0.2, 0) is 11.2 Å². The lowest BCUT2D eigenvalue weighted by Crippen LogP contribution is -2.44. The molecule has 2 nitrogen and oxygen atoms in total. The maximum absolute atomic E-state index is 13.0. The van der Waals surface area contributed by atoms with Crippen molar-refractivity contribution < 1.29 is 6.22 Å². The Morgan fingerprint density at radius 3 is 2.46 bits per heavy atom. The van der Waals surface area contributed by atoms with Crippen LogP contribution in [0.1, 0.15) is 85.0 Å². The number of aryl methyl sites for hydroxylation is 1. The van der Waals surface area contributed by atoms with Gasteiger partial charge in [-0.15, -0.1) is 0 Å². The number of pyridine rings is 1. The zero-order chi connectivity index (χ0) is 18.2. The number of carbonyl (C=O) groups is 1. The maximum Gasteiger partial charge on any atom is 0.136 e. The van der Waals surface area contributed by atoms with Crippen LogP contribution in [0, 0.1) is 41.4 Å². The predicted octanol–water partition coefficient (Wildman–Crippen LogP) is 6.73. The minimum absolute atomic E-state index is 0. The number of ketones is 1. The Hall–Kier alpha value is -1.18. The minimum atomic E-state index is 0. The molecule has 1 heterocycles. The molecule has 28 heavy (non-hydrogen) atoms. The smallest absolute Gasteiger partial charge is 0.136 e. The van der Waals surface area contributed by atoms with Crippen molar-refractivity contribution in [1.82, 2.24) is 4.98 Å². The molecule has 4 aliphatic rings. The molecule has 0 amide bonds. The van der Waals surface area contributed by atoms with Crippen LogP contribution < -0.4 is 0 Å². The fourth-order valence-corrected chi connectivity index (χ4v) is 7.89. The molecule has 5 rings (SSSR count). The quantitative estimate of drug-likeness (QED) is 0.576. The minimum Gasteiger partial charge on any atom is -0.299 e. The van der Waals surface area contributed by atoms with Gasteiger partial charge in [0.1, 0.15) is 5.78 Å². The van der Waals surface area contributed by atoms with Crippen LogP contribution in [-0.4, -0.2) is 10.8 Å². The van der Waals surface area contributed by atoms with E-state index in [2.05, 4.69) is 11.1 Å². The van der Waals surface area contributed by atoms with Crippen molar-refractivity contribution in [1.29, 1.82) is 0 Å². The van der Waals surface area contributed by atoms with E-state index in [1.807, 2.05) is 18.5 Å². The fraction of sp³-hybridized carbons (Fsp3) is 0.769. The van der Waals surface area contributed by atoms with Gasteiger partial charge in [-0.2, -0.15) is 0 Å². The average Bonchev–Trinajstić information content (AvgIpc) is 3.17. The second-order valence-electron chi connectivity index (χ2n) is 10.0. The van der Waals surface area contributed by atoms with Gasteiger partial charge in [0, 0.05) is 26.2 Å². The molecule has 0 bridgehead atoms. The van der Waals surface area contributed by atoms with Crippen LogP contribution >= 0.6 is 0 Å². The summed E-state index contributed by atoms with van der Waals surface area (Å²) >= 11 is 0. The summed E-state index contributed by atoms with van der Waals surface area (Å²) in [6.45, 7) is 0. The van der Waals surface area contributed by atoms with Gasteiger partial charge >= 0.3 is 0 Å². The average molecular weight is 384 g/mol. The van der Waals surface area contributed by atoms with Crippen LogP contribution in [0.4, 0.5) is 0 Å². The van der Waals surface area contributed by atoms with Gasteiger partial charge in [0.15, 0.2) is 0 Å². The molecular weight excluding hydrogens is 342 g/mol. The number of hydrogen-bond donors (Lipinski definition) is 0. The summed E-state index contributed by atoms with van der Waals surface area (Å²) in [7, 11) is 0. The summed E-state index contributed by atoms with van der Waals surface area (Å²) in [4.78, 5) is 17.2. The topological polar surface area (TPSA) is 30.0 Å². The summed E-state index contributed by atoms with van der Waals surface area (Å²) in [6.07, 6.45) is 19.6. The number of fused-ring (bicyclic) bond motifs is 5. The predicted molar refractivity (Wildman–Crippen MR) is 117 cm³/mol. The first-order valence-corrected chi connectivity index (χ1v) is 11.7. The monoisotopic (exact) mass is 383 g/mol. The van der Waals surface area contributed by atoms with Gasteiger partial charge in [0.05, 0.1) is 0 Å². The molecule has 0 N–H and O–H groups in total. The van der Waals surface area contributed by atoms with Crippen LogP contribution in [0.3, 0.4) is 0 Å². The highest BCUT2D eigenvalue weighted by molar-refractivity contribution is 5.81. The fourth-order valence-electron chi connectivity index (χ4n) is 7.89. The summed E-state index contributed by atoms with van der Waals surface area (Å²) in [6, 6.07) is 4.08. The second kappa shape index (κ2) is 8.67. The zero-order valence-electron chi connectivity index (χ0n) is 16.7. The zero-order valence-corrected chi connectivity index (χ0v) is 16.7. The molecule has 7 atom stereocenters. The molecular formula is C26H41NO. The first kappa shape index (κ1) is 20.1. The summed E-state index contributed by atoms with van der Waals surface area (Å²) in [5, 5.41) is 0. The van der Waals surface area contributed by atoms with Crippen molar-refractivity contribution in [2.45, 2.75) is 84.5 Å². The molecule has 0 saturated heterocycles. The molecule has 4 saturated carbocycles. The van der Waals surface area contributed by atoms with E-state index < -0.39 is 0 Å². The summed E-state index contributed by atoms with van der Waals surface area (Å²) in [5.41, 5.74) is 1.21. The summed E-state index contributed by atoms with van der Waals surface area (Å²) < 4.78 is 0. The third-order valence-electron chi connectivity index (χ3n) is 9.00. The van der Waals surface area contributed by atoms with Gasteiger partial charge in [-0.1, -0.05) is 32.8 Å². The molecule has 0 aliphatic heterocycles. The molecule has 0 radical (unpaired) electrons. The van der Waals surface area contributed by atoms with Crippen LogP contribution in [0.2, 0.25) is 0 Å². The van der Waals surface area contributed by atoms with E-state index in [0.29, 0.717) is 17.6 Å². The Morgan fingerprint density at radius 1 is 0.893 bits per heavy atom. The lowest BCUT2D eigenvalue weighted by atomic mass is 9.53. The highest BCUT2D eigenvalue weighted by atomic mass is 16.1. The SMILES string of the molecule is C.O=C(CCc1cccnc1)C1CCC2C1CCC1C3CCCCC3CCC12.[HH]. The number of Topliss-reactive ketones (excluding diaryl/α,β-unsaturated/α-hetero) is 1. The largest absolute Gasteiger partial charge is 0.299 e. The van der Waals surface area contributed by atoms with E-state index in [1.165, 1.54) is 69.8 Å². The number of nitrogens with zero attached hydrogens (tertiary/aromatic N) is 1. The molecule has 2 heteroatoms. The Balaban J connectivity index is 0.00000120. The maximum atomic E-state index is 13.0. The Kier molecular flexibility index (Phi) is 6.23. The number of hydrogen-bond acceptors (Lipinski definition) is 2. The Morgan fingerprint density at radius 2 is 1.61 bits per heavy atom. The normalized spacial score (nSPS) is 39.2. The van der Waals surface area contributed by atoms with Crippen molar-refractivity contribution in [3.63, 3.8) is 0 Å². The lowest BCUT2D eigenvalue weighted by molar-refractivity contribution is -0.125. The lowest BCUT2D eigenvalue weighted by Gasteiger charge is -2.52. The standard InChI is InChI=1S/C25H35NO.CH4.H2/c27-25(14-7-17-4-3-15-26-16-17)24-13-12-22-21-9-8-18-5-1-2-6-19(18)20(21)10-11-23(22)24;;/h3-4,15-16,18-24H,1-2,5-14H2;1H4;1H. The molecule has 1 aromatic rings. The Bertz CT molecular complexity index is 662. The number of rotatable bonds is 4. The third-order valence-corrected chi connectivity index (χ3v) is 9.00. The van der Waals surface area contributed by atoms with Crippen molar-refractivity contribution in [3.8, 4) is 0 Å². The third kappa shape index (κ3) is 3.68. The number of carbonyl (C=O) groups excluding carboxylic acids is 1. The van der Waals surface area contributed by atoms with Crippen LogP contribution in [0.5, 0.6) is 0 Å². The summed E-state index contributed by atoms with van der Waals surface area (Å²) in [5.74, 6) is 6.57. The first-order chi connectivity index (χ1) is 13.3. The molecule has 0 spiro atoms. The van der Waals surface area contributed by atoms with E-state index in [4.69, 9.17) is 0 Å². The van der Waals surface area contributed by atoms with Crippen LogP contribution in [0.15, 0.2) is 24.5 Å². The van der Waals surface area contributed by atoms with Crippen molar-refractivity contribution in [2.24, 2.45) is 41.4 Å². The van der Waals surface area contributed by atoms with Crippen molar-refractivity contribution >= 4 is 5.78 Å². The van der Waals surface area contributed by atoms with E-state index in [1.54, 1.807) is 0 Å². The molecule has 1 aromatic heterocycles. The van der Waals surface area contributed by atoms with E-state index in [0.717, 1.165) is 42.4 Å². The van der Waals surface area contributed by atoms with Gasteiger partial charge < -0.3 is 0 Å². The highest BCUT2D eigenvalue weighted by Gasteiger charge is 2.52. The Labute approximate surface area is 173 Å². The van der Waals surface area contributed by atoms with Gasteiger partial charge in [0.2, 0.25) is 0 Å². The van der Waals surface area contributed by atoms with Gasteiger partial charge in [-0.3, -0.25) is 9.78 Å². The number of aromatic nitrogens is 1. The van der Waals surface area contributed by atoms with E-state index in [-0.39, 0.29) is 8.85 Å². The van der Waals surface area contributed by atoms with Gasteiger partial charge in [-0.25, -0.2) is 0 Å². The molecule has 156 valence electrons. The molecule has 7 unspecified atom stereocenters. The molecule has 4 fully saturated rings. The molecule has 4 aliphatic carbocycles. The van der Waals surface area contributed by atoms with Gasteiger partial charge in [0.25, 0.3) is 0 Å². The van der Waals surface area contributed by atoms with Crippen LogP contribution in [0.25, 0.3) is 0 Å². The highest BCUT2D eigenvalue weighted by Crippen LogP contribution is 2.59. The van der Waals surface area contributed by atoms with E-state index >= 15 is 0 Å². The van der Waals surface area contributed by atoms with E-state index in [9.17, 15) is 4.79 Å². The van der Waals surface area contributed by atoms with Crippen molar-refractivity contribution in [3.05, 3.63) is 30.1 Å². The molecule has 0 aromatic carbocycles. The van der Waals surface area contributed by atoms with Gasteiger partial charge in [-0.05, 0) is 98.5 Å². The first-order valence-electron chi connectivity index (χ1n) is 11.7. The van der Waals surface area contributed by atoms with Crippen molar-refractivity contribution in [2.75, 3.05) is 0 Å².